The van der Waals surface area contributed by atoms with Gasteiger partial charge in [-0.15, -0.1) is 0 Å². The number of carbonyl (C=O) groups excluding carboxylic acids is 4. The first kappa shape index (κ1) is 34.5. The monoisotopic (exact) mass is 656 g/mol. The number of ether oxygens (including phenoxy) is 1. The summed E-state index contributed by atoms with van der Waals surface area (Å²) < 4.78 is 5.94. The number of esters is 1. The van der Waals surface area contributed by atoms with Gasteiger partial charge in [-0.3, -0.25) is 19.2 Å². The molecular formula is C41H52O7. The largest absolute Gasteiger partial charge is 0.481 e. The summed E-state index contributed by atoms with van der Waals surface area (Å²) in [5, 5.41) is 10.9. The summed E-state index contributed by atoms with van der Waals surface area (Å²) in [6.45, 7) is 15.8. The van der Waals surface area contributed by atoms with Gasteiger partial charge in [0.05, 0.1) is 0 Å². The highest BCUT2D eigenvalue weighted by Gasteiger charge is 2.72. The van der Waals surface area contributed by atoms with E-state index in [0.717, 1.165) is 19.3 Å². The Morgan fingerprint density at radius 1 is 0.896 bits per heavy atom. The molecule has 1 N–H and O–H groups in total. The molecule has 0 amide bonds. The number of ketones is 1. The van der Waals surface area contributed by atoms with Crippen molar-refractivity contribution in [2.75, 3.05) is 0 Å². The van der Waals surface area contributed by atoms with Crippen molar-refractivity contribution in [3.63, 3.8) is 0 Å². The van der Waals surface area contributed by atoms with Crippen molar-refractivity contribution in [1.82, 2.24) is 0 Å². The molecule has 1 aromatic rings. The van der Waals surface area contributed by atoms with Gasteiger partial charge in [0.15, 0.2) is 18.4 Å². The third-order valence-corrected chi connectivity index (χ3v) is 15.2. The number of carbonyl (C=O) groups is 5. The molecule has 0 aromatic heterocycles. The van der Waals surface area contributed by atoms with Crippen LogP contribution in [0.5, 0.6) is 0 Å². The Morgan fingerprint density at radius 2 is 1.60 bits per heavy atom. The van der Waals surface area contributed by atoms with Gasteiger partial charge in [-0.25, -0.2) is 4.79 Å². The van der Waals surface area contributed by atoms with E-state index in [1.54, 1.807) is 13.0 Å². The van der Waals surface area contributed by atoms with Gasteiger partial charge in [0, 0.05) is 23.1 Å². The van der Waals surface area contributed by atoms with Crippen molar-refractivity contribution in [2.45, 2.75) is 106 Å². The zero-order valence-corrected chi connectivity index (χ0v) is 29.6. The standard InChI is InChI=1S/C41H52O7/c1-24-12-15-37(3)18-19-39(5)29(34(37)25(24)2)21-30(44)35-38(4)16-14-32(41(7,36(46)47)31(38)13-17-40(35,39)6)48-33(45)11-9-26-8-10-27(22-42)28(20-26)23-43/h8-11,20-25,31-32,34-35H,12-19H2,1-7H3,(H,46,47)/t24-,25+,31?,32-,34?,35?,37-,38+,39-,40-,41-/m1/s1. The third-order valence-electron chi connectivity index (χ3n) is 15.2. The fourth-order valence-electron chi connectivity index (χ4n) is 12.1. The molecule has 0 bridgehead atoms. The highest BCUT2D eigenvalue weighted by molar-refractivity contribution is 5.96. The van der Waals surface area contributed by atoms with Gasteiger partial charge in [-0.1, -0.05) is 59.2 Å². The van der Waals surface area contributed by atoms with E-state index in [2.05, 4.69) is 41.5 Å². The van der Waals surface area contributed by atoms with Crippen molar-refractivity contribution in [1.29, 1.82) is 0 Å². The maximum atomic E-state index is 14.6. The Labute approximate surface area is 285 Å². The molecule has 7 heteroatoms. The number of aliphatic carboxylic acids is 1. The van der Waals surface area contributed by atoms with E-state index in [4.69, 9.17) is 4.74 Å². The van der Waals surface area contributed by atoms with Crippen LogP contribution in [0.2, 0.25) is 0 Å². The molecule has 5 aliphatic carbocycles. The van der Waals surface area contributed by atoms with E-state index in [-0.39, 0.29) is 45.0 Å². The molecule has 48 heavy (non-hydrogen) atoms. The van der Waals surface area contributed by atoms with Gasteiger partial charge >= 0.3 is 11.9 Å². The highest BCUT2D eigenvalue weighted by atomic mass is 16.5. The first-order valence-corrected chi connectivity index (χ1v) is 17.9. The fourth-order valence-corrected chi connectivity index (χ4v) is 12.1. The second-order valence-corrected chi connectivity index (χ2v) is 17.3. The lowest BCUT2D eigenvalue weighted by atomic mass is 9.33. The van der Waals surface area contributed by atoms with E-state index in [9.17, 15) is 29.1 Å². The maximum absolute atomic E-state index is 14.6. The second kappa shape index (κ2) is 11.6. The summed E-state index contributed by atoms with van der Waals surface area (Å²) in [6.07, 6.45) is 12.1. The third kappa shape index (κ3) is 4.76. The van der Waals surface area contributed by atoms with E-state index in [1.807, 2.05) is 6.08 Å². The Bertz CT molecular complexity index is 1620. The van der Waals surface area contributed by atoms with Crippen LogP contribution in [-0.2, 0) is 19.1 Å². The predicted molar refractivity (Wildman–Crippen MR) is 183 cm³/mol. The zero-order chi connectivity index (χ0) is 35.0. The van der Waals surface area contributed by atoms with Crippen molar-refractivity contribution >= 4 is 36.4 Å². The average Bonchev–Trinajstić information content (AvgIpc) is 3.04. The number of benzene rings is 1. The van der Waals surface area contributed by atoms with Crippen molar-refractivity contribution in [2.24, 2.45) is 56.7 Å². The number of hydrogen-bond donors (Lipinski definition) is 1. The summed E-state index contributed by atoms with van der Waals surface area (Å²) >= 11 is 0. The highest BCUT2D eigenvalue weighted by Crippen LogP contribution is 2.75. The summed E-state index contributed by atoms with van der Waals surface area (Å²) in [6, 6.07) is 4.64. The van der Waals surface area contributed by atoms with E-state index in [0.29, 0.717) is 55.2 Å². The Hall–Kier alpha value is -3.35. The van der Waals surface area contributed by atoms with Crippen LogP contribution < -0.4 is 0 Å². The number of allylic oxidation sites excluding steroid dienone is 2. The lowest BCUT2D eigenvalue weighted by molar-refractivity contribution is -0.220. The quantitative estimate of drug-likeness (QED) is 0.187. The molecule has 0 radical (unpaired) electrons. The van der Waals surface area contributed by atoms with Crippen molar-refractivity contribution in [3.8, 4) is 0 Å². The molecule has 0 aliphatic heterocycles. The number of hydrogen-bond acceptors (Lipinski definition) is 6. The van der Waals surface area contributed by atoms with Crippen LogP contribution in [0, 0.1) is 56.7 Å². The molecule has 7 nitrogen and oxygen atoms in total. The van der Waals surface area contributed by atoms with Gasteiger partial charge in [0.1, 0.15) is 11.5 Å². The molecule has 6 rings (SSSR count). The zero-order valence-electron chi connectivity index (χ0n) is 29.6. The van der Waals surface area contributed by atoms with Gasteiger partial charge in [-0.05, 0) is 127 Å². The summed E-state index contributed by atoms with van der Waals surface area (Å²) in [5.41, 5.74) is 0.189. The smallest absolute Gasteiger partial charge is 0.331 e. The predicted octanol–water partition coefficient (Wildman–Crippen LogP) is 8.16. The normalized spacial score (nSPS) is 43.6. The van der Waals surface area contributed by atoms with Gasteiger partial charge in [0.25, 0.3) is 0 Å². The molecule has 0 heterocycles. The van der Waals surface area contributed by atoms with E-state index < -0.39 is 28.9 Å². The number of carboxylic acids is 1. The minimum atomic E-state index is -1.38. The van der Waals surface area contributed by atoms with Crippen LogP contribution >= 0.6 is 0 Å². The number of aldehydes is 2. The molecule has 1 aromatic carbocycles. The van der Waals surface area contributed by atoms with E-state index in [1.165, 1.54) is 42.7 Å². The number of carboxylic acid groups (broad SMARTS) is 1. The Balaban J connectivity index is 1.31. The molecule has 4 fully saturated rings. The topological polar surface area (TPSA) is 115 Å². The SMILES string of the molecule is C[C@@H]1CC[C@]2(C)CC[C@]3(C)C(=CC(=O)C4[C@@]5(C)CC[C@@H](OC(=O)C=Cc6ccc(C=O)c(C=O)c6)[C@](C)(C(=O)O)C5CC[C@]43C)C2[C@H]1C. The number of fused-ring (bicyclic) bond motifs is 7. The first-order valence-electron chi connectivity index (χ1n) is 17.9. The molecule has 0 saturated heterocycles. The molecule has 0 spiro atoms. The molecule has 3 unspecified atom stereocenters. The maximum Gasteiger partial charge on any atom is 0.331 e. The lowest BCUT2D eigenvalue weighted by Crippen LogP contribution is -2.68. The molecule has 11 atom stereocenters. The Kier molecular flexibility index (Phi) is 8.36. The first-order chi connectivity index (χ1) is 22.5. The van der Waals surface area contributed by atoms with Crippen LogP contribution in [0.3, 0.4) is 0 Å². The van der Waals surface area contributed by atoms with Crippen LogP contribution in [0.1, 0.15) is 126 Å². The second-order valence-electron chi connectivity index (χ2n) is 17.3. The molecule has 258 valence electrons. The van der Waals surface area contributed by atoms with E-state index >= 15 is 0 Å². The minimum Gasteiger partial charge on any atom is -0.481 e. The molecular weight excluding hydrogens is 604 g/mol. The summed E-state index contributed by atoms with van der Waals surface area (Å²) in [4.78, 5) is 63.6. The average molecular weight is 657 g/mol. The van der Waals surface area contributed by atoms with Crippen LogP contribution in [0.4, 0.5) is 0 Å². The summed E-state index contributed by atoms with van der Waals surface area (Å²) in [5.74, 6) is -0.678. The van der Waals surface area contributed by atoms with Gasteiger partial charge in [0.2, 0.25) is 0 Å². The molecule has 5 aliphatic rings. The van der Waals surface area contributed by atoms with Crippen LogP contribution in [0.15, 0.2) is 35.9 Å². The number of rotatable bonds is 6. The van der Waals surface area contributed by atoms with Crippen LogP contribution in [-0.4, -0.2) is 41.5 Å². The Morgan fingerprint density at radius 3 is 2.27 bits per heavy atom. The van der Waals surface area contributed by atoms with Gasteiger partial charge < -0.3 is 9.84 Å². The lowest BCUT2D eigenvalue weighted by Gasteiger charge is -2.70. The van der Waals surface area contributed by atoms with Crippen molar-refractivity contribution in [3.05, 3.63) is 52.6 Å². The van der Waals surface area contributed by atoms with Crippen LogP contribution in [0.25, 0.3) is 6.08 Å². The van der Waals surface area contributed by atoms with Crippen molar-refractivity contribution < 1.29 is 33.8 Å². The molecule has 4 saturated carbocycles. The van der Waals surface area contributed by atoms with Gasteiger partial charge in [-0.2, -0.15) is 0 Å². The minimum absolute atomic E-state index is 0.142. The fraction of sp³-hybridized carbons (Fsp3) is 0.634. The summed E-state index contributed by atoms with van der Waals surface area (Å²) in [7, 11) is 0.